The first-order chi connectivity index (χ1) is 8.42. The number of unbranched alkanes of at least 4 members (excludes halogenated alkanes) is 1. The number of hydrogen-bond donors (Lipinski definition) is 0. The van der Waals surface area contributed by atoms with Crippen molar-refractivity contribution in [3.8, 4) is 0 Å². The fraction of sp³-hybridized carbons (Fsp3) is 0.167. The van der Waals surface area contributed by atoms with E-state index in [2.05, 4.69) is 67.6 Å². The minimum Gasteiger partial charge on any atom is -0.358 e. The molecule has 0 unspecified atom stereocenters. The molecule has 0 radical (unpaired) electrons. The minimum atomic E-state index is -0.602. The van der Waals surface area contributed by atoms with Crippen molar-refractivity contribution in [3.05, 3.63) is 82.4 Å². The molecule has 20 heavy (non-hydrogen) atoms. The van der Waals surface area contributed by atoms with Gasteiger partial charge in [-0.05, 0) is 30.7 Å². The third-order valence-electron chi connectivity index (χ3n) is 2.92. The summed E-state index contributed by atoms with van der Waals surface area (Å²) in [5, 5.41) is 3.02. The van der Waals surface area contributed by atoms with Crippen LogP contribution < -0.4 is 10.6 Å². The molecule has 0 aliphatic carbocycles. The quantitative estimate of drug-likeness (QED) is 0.412. The van der Waals surface area contributed by atoms with E-state index in [1.807, 2.05) is 0 Å². The Kier molecular flexibility index (Phi) is 13.4. The van der Waals surface area contributed by atoms with Crippen LogP contribution in [0.15, 0.2) is 60.7 Å². The average molecular weight is 379 g/mol. The topological polar surface area (TPSA) is 0 Å². The molecule has 0 bridgehead atoms. The van der Waals surface area contributed by atoms with E-state index in [1.54, 1.807) is 0 Å². The summed E-state index contributed by atoms with van der Waals surface area (Å²) >= 11 is 0. The maximum atomic E-state index is 3.96. The van der Waals surface area contributed by atoms with Crippen molar-refractivity contribution >= 4 is 18.5 Å². The molecule has 0 aliphatic heterocycles. The standard InChI is InChI=1S/C16H18P.2CH3.Pd/c1-2-3-14-17(15-10-6-4-7-11-15)16-12-8-5-9-13-16;;;/h4-13H,1-3,14H2;2*1H3;/q3*-1;/p+1. The molecule has 0 nitrogen and oxygen atoms in total. The summed E-state index contributed by atoms with van der Waals surface area (Å²) in [5.74, 6) is 0. The van der Waals surface area contributed by atoms with E-state index < -0.39 is 7.92 Å². The Balaban J connectivity index is 0. The SMILES string of the molecule is [CH2-]CCC[PH+](c1ccccc1)c1ccccc1.[CH3-].[CH3-].[Pd]. The van der Waals surface area contributed by atoms with Crippen LogP contribution >= 0.6 is 7.92 Å². The first-order valence-corrected chi connectivity index (χ1v) is 7.88. The summed E-state index contributed by atoms with van der Waals surface area (Å²) in [7, 11) is -0.602. The molecule has 0 aliphatic rings. The summed E-state index contributed by atoms with van der Waals surface area (Å²) in [5.41, 5.74) is 0. The molecular formula is C18H25PPd-2. The minimum absolute atomic E-state index is 0. The van der Waals surface area contributed by atoms with Crippen LogP contribution in [0.3, 0.4) is 0 Å². The fourth-order valence-corrected chi connectivity index (χ4v) is 4.74. The molecule has 0 amide bonds. The molecule has 0 atom stereocenters. The molecule has 0 saturated carbocycles. The van der Waals surface area contributed by atoms with Crippen molar-refractivity contribution < 1.29 is 20.4 Å². The molecule has 0 spiro atoms. The van der Waals surface area contributed by atoms with Gasteiger partial charge in [0.2, 0.25) is 0 Å². The van der Waals surface area contributed by atoms with E-state index in [0.717, 1.165) is 6.42 Å². The molecule has 2 aromatic carbocycles. The van der Waals surface area contributed by atoms with Gasteiger partial charge in [0.05, 0.1) is 24.7 Å². The molecule has 0 saturated heterocycles. The van der Waals surface area contributed by atoms with Gasteiger partial charge < -0.3 is 21.8 Å². The second-order valence-electron chi connectivity index (χ2n) is 4.17. The van der Waals surface area contributed by atoms with Crippen LogP contribution in [-0.4, -0.2) is 6.16 Å². The molecule has 0 heterocycles. The van der Waals surface area contributed by atoms with E-state index in [9.17, 15) is 0 Å². The average Bonchev–Trinajstić information content (AvgIpc) is 2.42. The van der Waals surface area contributed by atoms with Gasteiger partial charge in [0.15, 0.2) is 0 Å². The maximum Gasteiger partial charge on any atom is 0.0966 e. The summed E-state index contributed by atoms with van der Waals surface area (Å²) in [6.07, 6.45) is 3.54. The molecule has 0 N–H and O–H groups in total. The Hall–Kier alpha value is -0.468. The summed E-state index contributed by atoms with van der Waals surface area (Å²) < 4.78 is 0. The smallest absolute Gasteiger partial charge is 0.0966 e. The first kappa shape index (κ1) is 21.8. The van der Waals surface area contributed by atoms with Crippen molar-refractivity contribution in [3.63, 3.8) is 0 Å². The van der Waals surface area contributed by atoms with Crippen molar-refractivity contribution in [1.29, 1.82) is 0 Å². The van der Waals surface area contributed by atoms with E-state index in [4.69, 9.17) is 0 Å². The predicted octanol–water partition coefficient (Wildman–Crippen LogP) is 4.36. The molecule has 114 valence electrons. The molecule has 0 aromatic heterocycles. The van der Waals surface area contributed by atoms with Crippen molar-refractivity contribution in [1.82, 2.24) is 0 Å². The monoisotopic (exact) mass is 378 g/mol. The Morgan fingerprint density at radius 3 is 1.50 bits per heavy atom. The Bertz CT molecular complexity index is 388. The second kappa shape index (κ2) is 12.3. The van der Waals surface area contributed by atoms with Gasteiger partial charge >= 0.3 is 0 Å². The summed E-state index contributed by atoms with van der Waals surface area (Å²) in [6.45, 7) is 3.96. The van der Waals surface area contributed by atoms with Gasteiger partial charge in [0.1, 0.15) is 0 Å². The number of benzene rings is 2. The van der Waals surface area contributed by atoms with Crippen molar-refractivity contribution in [2.75, 3.05) is 6.16 Å². The Morgan fingerprint density at radius 1 is 0.750 bits per heavy atom. The zero-order valence-electron chi connectivity index (χ0n) is 12.4. The van der Waals surface area contributed by atoms with Crippen molar-refractivity contribution in [2.45, 2.75) is 12.8 Å². The predicted molar refractivity (Wildman–Crippen MR) is 92.8 cm³/mol. The van der Waals surface area contributed by atoms with Crippen LogP contribution in [0.25, 0.3) is 0 Å². The van der Waals surface area contributed by atoms with Crippen LogP contribution in [0, 0.1) is 21.8 Å². The van der Waals surface area contributed by atoms with E-state index in [0.29, 0.717) is 0 Å². The largest absolute Gasteiger partial charge is 0.358 e. The maximum absolute atomic E-state index is 3.96. The normalized spacial score (nSPS) is 9.10. The third-order valence-corrected chi connectivity index (χ3v) is 5.84. The summed E-state index contributed by atoms with van der Waals surface area (Å²) in [6, 6.07) is 21.8. The molecule has 2 heteroatoms. The number of hydrogen-bond acceptors (Lipinski definition) is 0. The van der Waals surface area contributed by atoms with Crippen LogP contribution in [-0.2, 0) is 20.4 Å². The Labute approximate surface area is 140 Å². The van der Waals surface area contributed by atoms with Crippen LogP contribution in [0.1, 0.15) is 12.8 Å². The van der Waals surface area contributed by atoms with Gasteiger partial charge in [-0.15, -0.1) is 0 Å². The molecule has 2 aromatic rings. The Morgan fingerprint density at radius 2 is 1.15 bits per heavy atom. The van der Waals surface area contributed by atoms with Gasteiger partial charge in [-0.2, -0.15) is 6.42 Å². The van der Waals surface area contributed by atoms with Gasteiger partial charge in [-0.1, -0.05) is 36.4 Å². The number of rotatable bonds is 5. The molecule has 2 rings (SSSR count). The van der Waals surface area contributed by atoms with Crippen LogP contribution in [0.5, 0.6) is 0 Å². The van der Waals surface area contributed by atoms with Gasteiger partial charge in [-0.3, -0.25) is 0 Å². The van der Waals surface area contributed by atoms with Crippen LogP contribution in [0.4, 0.5) is 0 Å². The zero-order chi connectivity index (χ0) is 11.9. The first-order valence-electron chi connectivity index (χ1n) is 6.17. The van der Waals surface area contributed by atoms with Crippen molar-refractivity contribution in [2.24, 2.45) is 0 Å². The van der Waals surface area contributed by atoms with Crippen LogP contribution in [0.2, 0.25) is 0 Å². The van der Waals surface area contributed by atoms with Gasteiger partial charge in [0, 0.05) is 20.4 Å². The summed E-state index contributed by atoms with van der Waals surface area (Å²) in [4.78, 5) is 0. The second-order valence-corrected chi connectivity index (χ2v) is 6.78. The zero-order valence-corrected chi connectivity index (χ0v) is 15.0. The van der Waals surface area contributed by atoms with Gasteiger partial charge in [-0.25, -0.2) is 0 Å². The van der Waals surface area contributed by atoms with E-state index in [1.165, 1.54) is 23.2 Å². The fourth-order valence-electron chi connectivity index (χ4n) is 2.04. The molecular weight excluding hydrogens is 354 g/mol. The van der Waals surface area contributed by atoms with E-state index in [-0.39, 0.29) is 35.3 Å². The third kappa shape index (κ3) is 6.32. The van der Waals surface area contributed by atoms with E-state index >= 15 is 0 Å². The van der Waals surface area contributed by atoms with Gasteiger partial charge in [0.25, 0.3) is 0 Å². The molecule has 0 fully saturated rings.